The lowest BCUT2D eigenvalue weighted by molar-refractivity contribution is 0.103. The van der Waals surface area contributed by atoms with Gasteiger partial charge < -0.3 is 0 Å². The van der Waals surface area contributed by atoms with Crippen LogP contribution in [0.1, 0.15) is 27.0 Å². The van der Waals surface area contributed by atoms with E-state index in [1.807, 2.05) is 6.07 Å². The molecule has 4 rings (SSSR count). The molecule has 4 aromatic rings. The van der Waals surface area contributed by atoms with Gasteiger partial charge in [-0.25, -0.2) is 17.2 Å². The summed E-state index contributed by atoms with van der Waals surface area (Å²) in [5.74, 6) is -2.30. The fraction of sp³-hybridized carbons (Fsp3) is 0.0400. The summed E-state index contributed by atoms with van der Waals surface area (Å²) in [5.41, 5.74) is -0.297. The average Bonchev–Trinajstić information content (AvgIpc) is 2.79. The number of nitrogens with zero attached hydrogens (tertiary/aromatic N) is 1. The Hall–Kier alpha value is -3.80. The van der Waals surface area contributed by atoms with Crippen LogP contribution < -0.4 is 4.72 Å². The number of halogens is 3. The smallest absolute Gasteiger partial charge is 0.261 e. The van der Waals surface area contributed by atoms with Gasteiger partial charge in [-0.15, -0.1) is 0 Å². The zero-order valence-electron chi connectivity index (χ0n) is 17.6. The molecule has 0 bridgehead atoms. The lowest BCUT2D eigenvalue weighted by atomic mass is 9.92. The Labute approximate surface area is 199 Å². The fourth-order valence-electron chi connectivity index (χ4n) is 3.53. The van der Waals surface area contributed by atoms with E-state index in [9.17, 15) is 27.3 Å². The van der Waals surface area contributed by atoms with E-state index in [1.165, 1.54) is 30.3 Å². The molecule has 1 N–H and O–H groups in total. The third-order valence-electron chi connectivity index (χ3n) is 5.19. The van der Waals surface area contributed by atoms with Gasteiger partial charge in [0, 0.05) is 10.9 Å². The normalized spacial score (nSPS) is 11.3. The van der Waals surface area contributed by atoms with E-state index in [4.69, 9.17) is 11.6 Å². The quantitative estimate of drug-likeness (QED) is 0.344. The molecule has 9 heteroatoms. The van der Waals surface area contributed by atoms with E-state index in [0.29, 0.717) is 5.39 Å². The van der Waals surface area contributed by atoms with Crippen LogP contribution in [0.3, 0.4) is 0 Å². The number of sulfonamides is 1. The maximum Gasteiger partial charge on any atom is 0.261 e. The molecule has 34 heavy (non-hydrogen) atoms. The zero-order chi connectivity index (χ0) is 24.6. The summed E-state index contributed by atoms with van der Waals surface area (Å²) in [6.07, 6.45) is 0. The zero-order valence-corrected chi connectivity index (χ0v) is 19.1. The van der Waals surface area contributed by atoms with Gasteiger partial charge in [-0.1, -0.05) is 35.4 Å². The highest BCUT2D eigenvalue weighted by Gasteiger charge is 2.26. The monoisotopic (exact) mass is 496 g/mol. The minimum absolute atomic E-state index is 0.0713. The number of rotatable bonds is 5. The Kier molecular flexibility index (Phi) is 6.09. The van der Waals surface area contributed by atoms with Crippen LogP contribution >= 0.6 is 11.6 Å². The number of nitriles is 1. The number of hydrogen-bond acceptors (Lipinski definition) is 4. The largest absolute Gasteiger partial charge is 0.288 e. The van der Waals surface area contributed by atoms with E-state index >= 15 is 0 Å². The minimum Gasteiger partial charge on any atom is -0.288 e. The van der Waals surface area contributed by atoms with E-state index < -0.39 is 27.4 Å². The first-order valence-corrected chi connectivity index (χ1v) is 11.7. The van der Waals surface area contributed by atoms with Crippen LogP contribution in [-0.4, -0.2) is 14.2 Å². The molecule has 0 heterocycles. The predicted octanol–water partition coefficient (Wildman–Crippen LogP) is 5.98. The molecular formula is C25H15ClF2N2O3S. The summed E-state index contributed by atoms with van der Waals surface area (Å²) in [4.78, 5) is 13.4. The number of benzene rings is 4. The third-order valence-corrected chi connectivity index (χ3v) is 6.90. The van der Waals surface area contributed by atoms with Gasteiger partial charge in [0.25, 0.3) is 10.0 Å². The summed E-state index contributed by atoms with van der Waals surface area (Å²) in [6, 6.07) is 15.9. The SMILES string of the molecule is Cc1ccc(S(=O)(=O)Nc2cc3ccc(F)cc3c(C#N)c2C(=O)c2cc(F)ccc2Cl)cc1. The molecule has 4 aromatic carbocycles. The van der Waals surface area contributed by atoms with Crippen molar-refractivity contribution in [2.45, 2.75) is 11.8 Å². The molecule has 0 unspecified atom stereocenters. The fourth-order valence-corrected chi connectivity index (χ4v) is 4.79. The molecule has 0 aliphatic carbocycles. The molecule has 0 amide bonds. The van der Waals surface area contributed by atoms with Crippen LogP contribution in [0.2, 0.25) is 5.02 Å². The first-order chi connectivity index (χ1) is 16.1. The van der Waals surface area contributed by atoms with Gasteiger partial charge in [0.2, 0.25) is 0 Å². The van der Waals surface area contributed by atoms with Crippen molar-refractivity contribution >= 4 is 43.9 Å². The number of ketones is 1. The Bertz CT molecular complexity index is 1610. The lowest BCUT2D eigenvalue weighted by Crippen LogP contribution is -2.17. The van der Waals surface area contributed by atoms with Crippen molar-refractivity contribution in [3.8, 4) is 6.07 Å². The van der Waals surface area contributed by atoms with Crippen LogP contribution in [0.25, 0.3) is 10.8 Å². The second kappa shape index (κ2) is 8.86. The Morgan fingerprint density at radius 3 is 2.29 bits per heavy atom. The van der Waals surface area contributed by atoms with E-state index in [1.54, 1.807) is 19.1 Å². The van der Waals surface area contributed by atoms with Crippen molar-refractivity contribution in [3.05, 3.63) is 106 Å². The van der Waals surface area contributed by atoms with Gasteiger partial charge in [-0.3, -0.25) is 9.52 Å². The molecule has 0 fully saturated rings. The number of anilines is 1. The van der Waals surface area contributed by atoms with Crippen LogP contribution in [0.15, 0.2) is 71.6 Å². The highest BCUT2D eigenvalue weighted by molar-refractivity contribution is 7.92. The maximum atomic E-state index is 14.0. The summed E-state index contributed by atoms with van der Waals surface area (Å²) in [6.45, 7) is 1.80. The Balaban J connectivity index is 2.00. The van der Waals surface area contributed by atoms with E-state index in [2.05, 4.69) is 4.72 Å². The van der Waals surface area contributed by atoms with Crippen LogP contribution in [0.5, 0.6) is 0 Å². The summed E-state index contributed by atoms with van der Waals surface area (Å²) in [7, 11) is -4.18. The minimum atomic E-state index is -4.18. The van der Waals surface area contributed by atoms with Gasteiger partial charge in [-0.2, -0.15) is 5.26 Å². The number of aryl methyl sites for hydroxylation is 1. The second-order valence-electron chi connectivity index (χ2n) is 7.52. The van der Waals surface area contributed by atoms with Gasteiger partial charge >= 0.3 is 0 Å². The summed E-state index contributed by atoms with van der Waals surface area (Å²) in [5, 5.41) is 10.2. The first kappa shape index (κ1) is 23.4. The van der Waals surface area contributed by atoms with Crippen LogP contribution in [0.4, 0.5) is 14.5 Å². The summed E-state index contributed by atoms with van der Waals surface area (Å²) < 4.78 is 56.4. The third kappa shape index (κ3) is 4.36. The molecule has 0 saturated carbocycles. The molecular weight excluding hydrogens is 482 g/mol. The highest BCUT2D eigenvalue weighted by atomic mass is 35.5. The lowest BCUT2D eigenvalue weighted by Gasteiger charge is -2.16. The first-order valence-electron chi connectivity index (χ1n) is 9.86. The molecule has 0 saturated heterocycles. The number of fused-ring (bicyclic) bond motifs is 1. The molecule has 0 aromatic heterocycles. The van der Waals surface area contributed by atoms with E-state index in [0.717, 1.165) is 29.8 Å². The Morgan fingerprint density at radius 1 is 0.971 bits per heavy atom. The highest BCUT2D eigenvalue weighted by Crippen LogP contribution is 2.34. The molecule has 170 valence electrons. The predicted molar refractivity (Wildman–Crippen MR) is 125 cm³/mol. The molecule has 0 aliphatic rings. The van der Waals surface area contributed by atoms with Crippen molar-refractivity contribution < 1.29 is 22.0 Å². The van der Waals surface area contributed by atoms with Gasteiger partial charge in [0.1, 0.15) is 17.7 Å². The molecule has 0 radical (unpaired) electrons. The molecule has 0 atom stereocenters. The number of nitrogens with one attached hydrogen (secondary N) is 1. The van der Waals surface area contributed by atoms with Crippen molar-refractivity contribution in [3.63, 3.8) is 0 Å². The van der Waals surface area contributed by atoms with Crippen molar-refractivity contribution in [2.75, 3.05) is 4.72 Å². The molecule has 0 spiro atoms. The van der Waals surface area contributed by atoms with Gasteiger partial charge in [-0.05, 0) is 60.8 Å². The van der Waals surface area contributed by atoms with Crippen molar-refractivity contribution in [1.82, 2.24) is 0 Å². The summed E-state index contributed by atoms with van der Waals surface area (Å²) >= 11 is 6.11. The standard InChI is InChI=1S/C25H15ClF2N2O3S/c1-14-2-7-18(8-3-14)34(32,33)30-23-10-15-4-5-16(27)11-19(15)21(13-29)24(23)25(31)20-12-17(28)6-9-22(20)26/h2-12,30H,1H3. The van der Waals surface area contributed by atoms with Crippen LogP contribution in [-0.2, 0) is 10.0 Å². The topological polar surface area (TPSA) is 87.0 Å². The molecule has 5 nitrogen and oxygen atoms in total. The average molecular weight is 497 g/mol. The molecule has 0 aliphatic heterocycles. The maximum absolute atomic E-state index is 14.0. The number of carbonyl (C=O) groups is 1. The number of carbonyl (C=O) groups excluding carboxylic acids is 1. The van der Waals surface area contributed by atoms with Crippen molar-refractivity contribution in [2.24, 2.45) is 0 Å². The second-order valence-corrected chi connectivity index (χ2v) is 9.61. The van der Waals surface area contributed by atoms with Gasteiger partial charge in [0.05, 0.1) is 26.7 Å². The van der Waals surface area contributed by atoms with E-state index in [-0.39, 0.29) is 37.7 Å². The Morgan fingerprint density at radius 2 is 1.62 bits per heavy atom. The van der Waals surface area contributed by atoms with Gasteiger partial charge in [0.15, 0.2) is 5.78 Å². The van der Waals surface area contributed by atoms with Crippen molar-refractivity contribution in [1.29, 1.82) is 5.26 Å². The van der Waals surface area contributed by atoms with Crippen LogP contribution in [0, 0.1) is 29.9 Å². The number of hydrogen-bond donors (Lipinski definition) is 1.